The van der Waals surface area contributed by atoms with Crippen LogP contribution in [0.4, 0.5) is 0 Å². The van der Waals surface area contributed by atoms with Crippen LogP contribution in [-0.2, 0) is 0 Å². The third kappa shape index (κ3) is 4.07. The van der Waals surface area contributed by atoms with Crippen molar-refractivity contribution < 1.29 is 0 Å². The molecule has 0 aliphatic carbocycles. The summed E-state index contributed by atoms with van der Waals surface area (Å²) in [6.07, 6.45) is 10.3. The van der Waals surface area contributed by atoms with Crippen LogP contribution in [0.2, 0.25) is 0 Å². The van der Waals surface area contributed by atoms with E-state index in [2.05, 4.69) is 27.7 Å². The third-order valence-electron chi connectivity index (χ3n) is 3.13. The van der Waals surface area contributed by atoms with Crippen molar-refractivity contribution in [2.75, 3.05) is 24.6 Å². The Morgan fingerprint density at radius 1 is 0.643 bits per heavy atom. The Balaban J connectivity index is 4.69. The molecule has 0 unspecified atom stereocenters. The zero-order valence-corrected chi connectivity index (χ0v) is 12.1. The summed E-state index contributed by atoms with van der Waals surface area (Å²) in [5, 5.41) is 0. The van der Waals surface area contributed by atoms with Crippen LogP contribution in [0, 0.1) is 0 Å². The van der Waals surface area contributed by atoms with Crippen LogP contribution in [-0.4, -0.2) is 24.6 Å². The fraction of sp³-hybridized carbons (Fsp3) is 1.00. The first-order valence-corrected chi connectivity index (χ1v) is 10.1. The van der Waals surface area contributed by atoms with Crippen LogP contribution >= 0.6 is 17.2 Å². The van der Waals surface area contributed by atoms with Gasteiger partial charge < -0.3 is 0 Å². The summed E-state index contributed by atoms with van der Waals surface area (Å²) in [6, 6.07) is 0. The predicted octanol–water partition coefficient (Wildman–Crippen LogP) is 5.33. The van der Waals surface area contributed by atoms with Gasteiger partial charge in [0.2, 0.25) is 0 Å². The molecule has 0 heterocycles. The summed E-state index contributed by atoms with van der Waals surface area (Å²) in [7, 11) is 0. The first-order chi connectivity index (χ1) is 6.54. The molecular weight excluding hydrogens is 211 g/mol. The molecule has 0 bridgehead atoms. The number of hydrogen-bond acceptors (Lipinski definition) is 0. The second-order valence-corrected chi connectivity index (χ2v) is 13.0. The van der Waals surface area contributed by atoms with Crippen molar-refractivity contribution >= 4 is 17.2 Å². The SMILES string of the molecule is CCCP(Cl)(CCC)(CCC)CCC. The average molecular weight is 239 g/mol. The summed E-state index contributed by atoms with van der Waals surface area (Å²) < 4.78 is 0. The summed E-state index contributed by atoms with van der Waals surface area (Å²) >= 11 is 7.13. The van der Waals surface area contributed by atoms with Crippen molar-refractivity contribution in [2.45, 2.75) is 53.4 Å². The van der Waals surface area contributed by atoms with Crippen molar-refractivity contribution in [3.05, 3.63) is 0 Å². The quantitative estimate of drug-likeness (QED) is 0.501. The molecule has 0 aliphatic heterocycles. The van der Waals surface area contributed by atoms with E-state index in [9.17, 15) is 0 Å². The monoisotopic (exact) mass is 238 g/mol. The molecule has 14 heavy (non-hydrogen) atoms. The van der Waals surface area contributed by atoms with Crippen LogP contribution in [0.25, 0.3) is 0 Å². The zero-order valence-electron chi connectivity index (χ0n) is 10.5. The minimum absolute atomic E-state index is 1.27. The molecule has 0 N–H and O–H groups in total. The van der Waals surface area contributed by atoms with Crippen LogP contribution < -0.4 is 0 Å². The second kappa shape index (κ2) is 6.33. The van der Waals surface area contributed by atoms with Gasteiger partial charge in [-0.2, -0.15) is 0 Å². The van der Waals surface area contributed by atoms with Gasteiger partial charge >= 0.3 is 95.2 Å². The fourth-order valence-corrected chi connectivity index (χ4v) is 10.7. The third-order valence-corrected chi connectivity index (χ3v) is 11.4. The van der Waals surface area contributed by atoms with E-state index in [-0.39, 0.29) is 0 Å². The van der Waals surface area contributed by atoms with E-state index >= 15 is 0 Å². The van der Waals surface area contributed by atoms with Crippen LogP contribution in [0.1, 0.15) is 53.4 Å². The summed E-state index contributed by atoms with van der Waals surface area (Å²) in [5.41, 5.74) is 0. The molecule has 0 saturated heterocycles. The molecule has 0 aliphatic rings. The molecule has 0 amide bonds. The molecule has 0 radical (unpaired) electrons. The standard InChI is InChI=1S/C12H28ClP/c1-5-9-14(13,10-6-2,11-7-3)12-8-4/h5-12H2,1-4H3. The van der Waals surface area contributed by atoms with E-state index in [0.29, 0.717) is 0 Å². The van der Waals surface area contributed by atoms with Crippen molar-refractivity contribution in [1.29, 1.82) is 0 Å². The van der Waals surface area contributed by atoms with Crippen molar-refractivity contribution in [1.82, 2.24) is 0 Å². The Bertz CT molecular complexity index is 121. The molecule has 88 valence electrons. The molecule has 0 aromatic heterocycles. The minimum atomic E-state index is -1.80. The van der Waals surface area contributed by atoms with Crippen molar-refractivity contribution in [3.8, 4) is 0 Å². The second-order valence-electron chi connectivity index (χ2n) is 4.71. The summed E-state index contributed by atoms with van der Waals surface area (Å²) in [5.74, 6) is -1.80. The summed E-state index contributed by atoms with van der Waals surface area (Å²) in [4.78, 5) is 0. The molecule has 0 atom stereocenters. The van der Waals surface area contributed by atoms with Gasteiger partial charge in [-0.3, -0.25) is 0 Å². The van der Waals surface area contributed by atoms with Gasteiger partial charge in [-0.25, -0.2) is 0 Å². The van der Waals surface area contributed by atoms with Gasteiger partial charge in [0.25, 0.3) is 0 Å². The van der Waals surface area contributed by atoms with E-state index in [1.165, 1.54) is 50.3 Å². The van der Waals surface area contributed by atoms with Gasteiger partial charge in [-0.15, -0.1) is 0 Å². The van der Waals surface area contributed by atoms with E-state index < -0.39 is 5.96 Å². The normalized spacial score (nSPS) is 15.1. The van der Waals surface area contributed by atoms with Gasteiger partial charge in [0.1, 0.15) is 0 Å². The molecule has 0 spiro atoms. The van der Waals surface area contributed by atoms with Gasteiger partial charge in [0, 0.05) is 0 Å². The molecule has 0 saturated carbocycles. The Hall–Kier alpha value is 0.720. The topological polar surface area (TPSA) is 0 Å². The predicted molar refractivity (Wildman–Crippen MR) is 73.4 cm³/mol. The molecule has 0 fully saturated rings. The Morgan fingerprint density at radius 2 is 0.857 bits per heavy atom. The molecule has 0 aromatic carbocycles. The van der Waals surface area contributed by atoms with Crippen LogP contribution in [0.3, 0.4) is 0 Å². The maximum atomic E-state index is 7.13. The fourth-order valence-electron chi connectivity index (χ4n) is 2.91. The van der Waals surface area contributed by atoms with Crippen LogP contribution in [0.5, 0.6) is 0 Å². The van der Waals surface area contributed by atoms with Crippen molar-refractivity contribution in [3.63, 3.8) is 0 Å². The zero-order chi connectivity index (χ0) is 11.1. The Kier molecular flexibility index (Phi) is 6.66. The molecule has 2 heteroatoms. The molecule has 0 nitrogen and oxygen atoms in total. The number of halogens is 1. The Labute approximate surface area is 95.5 Å². The van der Waals surface area contributed by atoms with E-state index in [1.54, 1.807) is 0 Å². The van der Waals surface area contributed by atoms with Crippen molar-refractivity contribution in [2.24, 2.45) is 0 Å². The molecular formula is C12H28ClP. The van der Waals surface area contributed by atoms with E-state index in [0.717, 1.165) is 0 Å². The first kappa shape index (κ1) is 14.7. The molecule has 0 aromatic rings. The first-order valence-electron chi connectivity index (χ1n) is 6.26. The summed E-state index contributed by atoms with van der Waals surface area (Å²) in [6.45, 7) is 9.13. The number of hydrogen-bond donors (Lipinski definition) is 0. The van der Waals surface area contributed by atoms with Gasteiger partial charge in [-0.05, 0) is 0 Å². The average Bonchev–Trinajstić information content (AvgIpc) is 2.05. The van der Waals surface area contributed by atoms with E-state index in [4.69, 9.17) is 11.2 Å². The maximum absolute atomic E-state index is 7.13. The van der Waals surface area contributed by atoms with Gasteiger partial charge in [-0.1, -0.05) is 0 Å². The van der Waals surface area contributed by atoms with Gasteiger partial charge in [0.05, 0.1) is 0 Å². The Morgan fingerprint density at radius 3 is 1.00 bits per heavy atom. The molecule has 0 rings (SSSR count). The van der Waals surface area contributed by atoms with Crippen LogP contribution in [0.15, 0.2) is 0 Å². The number of rotatable bonds is 8. The van der Waals surface area contributed by atoms with Gasteiger partial charge in [0.15, 0.2) is 0 Å². The van der Waals surface area contributed by atoms with E-state index in [1.807, 2.05) is 0 Å².